The first-order valence-corrected chi connectivity index (χ1v) is 4.69. The van der Waals surface area contributed by atoms with Gasteiger partial charge in [0, 0.05) is 5.27 Å². The average molecular weight is 199 g/mol. The van der Waals surface area contributed by atoms with Crippen LogP contribution >= 0.6 is 0 Å². The van der Waals surface area contributed by atoms with E-state index in [9.17, 15) is 5.11 Å². The number of rotatable bonds is 3. The van der Waals surface area contributed by atoms with Crippen molar-refractivity contribution in [2.75, 3.05) is 6.61 Å². The molecule has 0 aliphatic rings. The Morgan fingerprint density at radius 2 is 2.14 bits per heavy atom. The van der Waals surface area contributed by atoms with Crippen molar-refractivity contribution in [1.82, 2.24) is 10.4 Å². The highest BCUT2D eigenvalue weighted by Crippen LogP contribution is 1.89. The largest absolute Gasteiger partial charge is 0.346 e. The number of allylic oxidation sites excluding steroid dienone is 1. The second kappa shape index (κ2) is 17.8. The Hall–Kier alpha value is -1.16. The van der Waals surface area contributed by atoms with Gasteiger partial charge >= 0.3 is 0 Å². The Bertz CT molecular complexity index is 143. The summed E-state index contributed by atoms with van der Waals surface area (Å²) in [6.07, 6.45) is 7.74. The molecule has 0 fully saturated rings. The van der Waals surface area contributed by atoms with E-state index in [-0.39, 0.29) is 6.61 Å². The van der Waals surface area contributed by atoms with Crippen LogP contribution in [0.2, 0.25) is 0 Å². The Kier molecular flexibility index (Phi) is 19.5. The summed E-state index contributed by atoms with van der Waals surface area (Å²) in [6, 6.07) is 0. The van der Waals surface area contributed by atoms with E-state index in [0.717, 1.165) is 19.3 Å². The molecule has 0 amide bonds. The minimum atomic E-state index is 0.105. The summed E-state index contributed by atoms with van der Waals surface area (Å²) in [5.41, 5.74) is 0. The van der Waals surface area contributed by atoms with Gasteiger partial charge in [-0.2, -0.15) is 0 Å². The fourth-order valence-electron chi connectivity index (χ4n) is 0.488. The van der Waals surface area contributed by atoms with Crippen LogP contribution in [-0.4, -0.2) is 17.0 Å². The standard InChI is InChI=1S/C5H11O.C3H6.C2H2N2O/c1-2-3-4-5-6;1-3-2;1-2-5-4-3-1/h2-5H2,1H3;3H,1H2,2H3;1-2H. The second-order valence-electron chi connectivity index (χ2n) is 2.41. The predicted octanol–water partition coefficient (Wildman–Crippen LogP) is 2.87. The van der Waals surface area contributed by atoms with Crippen molar-refractivity contribution < 1.29 is 9.63 Å². The van der Waals surface area contributed by atoms with Crippen molar-refractivity contribution in [1.29, 1.82) is 0 Å². The highest BCUT2D eigenvalue weighted by atomic mass is 16.5. The number of aromatic nitrogens is 2. The monoisotopic (exact) mass is 199 g/mol. The average Bonchev–Trinajstić information content (AvgIpc) is 2.74. The molecule has 1 heterocycles. The van der Waals surface area contributed by atoms with E-state index < -0.39 is 0 Å². The van der Waals surface area contributed by atoms with E-state index in [1.165, 1.54) is 12.5 Å². The lowest BCUT2D eigenvalue weighted by Gasteiger charge is -1.84. The Morgan fingerprint density at radius 3 is 2.29 bits per heavy atom. The molecule has 4 nitrogen and oxygen atoms in total. The first-order chi connectivity index (χ1) is 6.83. The molecule has 0 saturated carbocycles. The number of hydrogen-bond donors (Lipinski definition) is 0. The van der Waals surface area contributed by atoms with Crippen molar-refractivity contribution in [3.63, 3.8) is 0 Å². The molecule has 4 heteroatoms. The second-order valence-corrected chi connectivity index (χ2v) is 2.41. The molecule has 0 aliphatic carbocycles. The molecule has 0 N–H and O–H groups in total. The molecule has 0 saturated heterocycles. The summed E-state index contributed by atoms with van der Waals surface area (Å²) in [7, 11) is 0. The third-order valence-corrected chi connectivity index (χ3v) is 1.03. The van der Waals surface area contributed by atoms with E-state index in [1.54, 1.807) is 6.08 Å². The first-order valence-electron chi connectivity index (χ1n) is 4.69. The van der Waals surface area contributed by atoms with Crippen LogP contribution in [0.3, 0.4) is 0 Å². The molecule has 1 aromatic rings. The third kappa shape index (κ3) is 22.4. The molecule has 81 valence electrons. The van der Waals surface area contributed by atoms with Gasteiger partial charge in [-0.1, -0.05) is 25.8 Å². The van der Waals surface area contributed by atoms with Crippen LogP contribution in [0.15, 0.2) is 29.6 Å². The zero-order valence-corrected chi connectivity index (χ0v) is 8.98. The highest BCUT2D eigenvalue weighted by molar-refractivity contribution is 4.51. The van der Waals surface area contributed by atoms with Crippen molar-refractivity contribution in [3.8, 4) is 0 Å². The van der Waals surface area contributed by atoms with Gasteiger partial charge < -0.3 is 4.52 Å². The SMILES string of the molecule is C=CC.CCCCC[O].c1conn1. The van der Waals surface area contributed by atoms with Crippen LogP contribution in [-0.2, 0) is 5.11 Å². The van der Waals surface area contributed by atoms with Crippen molar-refractivity contribution in [2.24, 2.45) is 0 Å². The lowest BCUT2D eigenvalue weighted by Crippen LogP contribution is -1.76. The van der Waals surface area contributed by atoms with Gasteiger partial charge in [0.05, 0.1) is 12.8 Å². The topological polar surface area (TPSA) is 58.8 Å². The lowest BCUT2D eigenvalue weighted by atomic mass is 10.3. The van der Waals surface area contributed by atoms with Crippen LogP contribution in [0.4, 0.5) is 0 Å². The Morgan fingerprint density at radius 1 is 1.50 bits per heavy atom. The van der Waals surface area contributed by atoms with Gasteiger partial charge in [-0.15, -0.1) is 11.7 Å². The maximum atomic E-state index is 9.69. The van der Waals surface area contributed by atoms with Gasteiger partial charge in [-0.05, 0) is 13.3 Å². The minimum Gasteiger partial charge on any atom is -0.346 e. The zero-order chi connectivity index (χ0) is 11.1. The summed E-state index contributed by atoms with van der Waals surface area (Å²) in [5.74, 6) is 0. The molecular formula is C10H19N2O2. The maximum Gasteiger partial charge on any atom is 0.144 e. The summed E-state index contributed by atoms with van der Waals surface area (Å²) >= 11 is 0. The minimum absolute atomic E-state index is 0.105. The van der Waals surface area contributed by atoms with Crippen LogP contribution in [0.25, 0.3) is 0 Å². The normalized spacial score (nSPS) is 7.64. The van der Waals surface area contributed by atoms with Crippen LogP contribution in [0, 0.1) is 0 Å². The molecule has 1 aromatic heterocycles. The summed E-state index contributed by atoms with van der Waals surface area (Å²) in [4.78, 5) is 0. The molecule has 0 unspecified atom stereocenters. The third-order valence-electron chi connectivity index (χ3n) is 1.03. The molecule has 0 atom stereocenters. The lowest BCUT2D eigenvalue weighted by molar-refractivity contribution is 0.186. The fraction of sp³-hybridized carbons (Fsp3) is 0.600. The fourth-order valence-corrected chi connectivity index (χ4v) is 0.488. The molecule has 0 bridgehead atoms. The Labute approximate surface area is 85.6 Å². The molecule has 0 aromatic carbocycles. The van der Waals surface area contributed by atoms with Crippen LogP contribution in [0.1, 0.15) is 33.1 Å². The van der Waals surface area contributed by atoms with E-state index in [1.807, 2.05) is 6.92 Å². The molecule has 1 radical (unpaired) electrons. The van der Waals surface area contributed by atoms with E-state index in [0.29, 0.717) is 0 Å². The van der Waals surface area contributed by atoms with Gasteiger partial charge in [0.1, 0.15) is 6.26 Å². The van der Waals surface area contributed by atoms with E-state index in [4.69, 9.17) is 0 Å². The number of unbranched alkanes of at least 4 members (excludes halogenated alkanes) is 2. The van der Waals surface area contributed by atoms with Gasteiger partial charge in [0.2, 0.25) is 0 Å². The summed E-state index contributed by atoms with van der Waals surface area (Å²) in [5, 5.41) is 16.1. The van der Waals surface area contributed by atoms with Crippen molar-refractivity contribution >= 4 is 0 Å². The van der Waals surface area contributed by atoms with E-state index >= 15 is 0 Å². The molecule has 1 rings (SSSR count). The van der Waals surface area contributed by atoms with Crippen LogP contribution in [0.5, 0.6) is 0 Å². The summed E-state index contributed by atoms with van der Waals surface area (Å²) in [6.45, 7) is 7.45. The van der Waals surface area contributed by atoms with Gasteiger partial charge in [0.15, 0.2) is 0 Å². The van der Waals surface area contributed by atoms with Gasteiger partial charge in [-0.3, -0.25) is 0 Å². The Balaban J connectivity index is 0. The molecule has 0 aliphatic heterocycles. The van der Waals surface area contributed by atoms with Crippen molar-refractivity contribution in [3.05, 3.63) is 25.1 Å². The van der Waals surface area contributed by atoms with Crippen LogP contribution < -0.4 is 0 Å². The molecule has 14 heavy (non-hydrogen) atoms. The number of nitrogens with zero attached hydrogens (tertiary/aromatic N) is 2. The zero-order valence-electron chi connectivity index (χ0n) is 8.98. The number of hydrogen-bond acceptors (Lipinski definition) is 3. The maximum absolute atomic E-state index is 9.69. The van der Waals surface area contributed by atoms with Crippen molar-refractivity contribution in [2.45, 2.75) is 33.1 Å². The quantitative estimate of drug-likeness (QED) is 0.555. The van der Waals surface area contributed by atoms with Gasteiger partial charge in [-0.25, -0.2) is 5.11 Å². The molecule has 0 spiro atoms. The predicted molar refractivity (Wildman–Crippen MR) is 55.2 cm³/mol. The first kappa shape index (κ1) is 15.3. The van der Waals surface area contributed by atoms with E-state index in [2.05, 4.69) is 28.4 Å². The molecular weight excluding hydrogens is 180 g/mol. The highest BCUT2D eigenvalue weighted by Gasteiger charge is 1.77. The van der Waals surface area contributed by atoms with Gasteiger partial charge in [0.25, 0.3) is 0 Å². The smallest absolute Gasteiger partial charge is 0.144 e. The summed E-state index contributed by atoms with van der Waals surface area (Å²) < 4.78 is 4.22.